The number of nitrogens with zero attached hydrogens (tertiary/aromatic N) is 1. The van der Waals surface area contributed by atoms with Crippen LogP contribution in [0, 0.1) is 5.92 Å². The molecule has 2 N–H and O–H groups in total. The molecule has 2 heterocycles. The minimum Gasteiger partial charge on any atom is -0.382 e. The Labute approximate surface area is 124 Å². The Kier molecular flexibility index (Phi) is 7.04. The Morgan fingerprint density at radius 1 is 1.20 bits per heavy atom. The molecule has 0 radical (unpaired) electrons. The van der Waals surface area contributed by atoms with Gasteiger partial charge in [-0.3, -0.25) is 4.90 Å². The molecule has 0 amide bonds. The fourth-order valence-electron chi connectivity index (χ4n) is 3.23. The van der Waals surface area contributed by atoms with Gasteiger partial charge < -0.3 is 10.4 Å². The number of aliphatic hydroxyl groups excluding tert-OH is 1. The molecule has 2 fully saturated rings. The van der Waals surface area contributed by atoms with E-state index in [9.17, 15) is 18.3 Å². The van der Waals surface area contributed by atoms with Crippen molar-refractivity contribution in [2.45, 2.75) is 50.4 Å². The third-order valence-corrected chi connectivity index (χ3v) is 4.26. The summed E-state index contributed by atoms with van der Waals surface area (Å²) in [6, 6.07) is -0.754. The maximum absolute atomic E-state index is 12.7. The van der Waals surface area contributed by atoms with Crippen molar-refractivity contribution in [3.05, 3.63) is 0 Å². The zero-order chi connectivity index (χ0) is 13.9. The molecule has 7 heteroatoms. The smallest absolute Gasteiger partial charge is 0.382 e. The number of rotatable bonds is 3. The molecule has 2 aliphatic rings. The average molecular weight is 317 g/mol. The van der Waals surface area contributed by atoms with Crippen molar-refractivity contribution in [3.8, 4) is 0 Å². The Morgan fingerprint density at radius 3 is 2.55 bits per heavy atom. The molecule has 2 aliphatic heterocycles. The van der Waals surface area contributed by atoms with Crippen LogP contribution >= 0.6 is 12.4 Å². The fourth-order valence-corrected chi connectivity index (χ4v) is 3.23. The second kappa shape index (κ2) is 7.82. The highest BCUT2D eigenvalue weighted by Crippen LogP contribution is 2.30. The number of hydrogen-bond acceptors (Lipinski definition) is 3. The summed E-state index contributed by atoms with van der Waals surface area (Å²) in [5.74, 6) is 0.412. The van der Waals surface area contributed by atoms with E-state index >= 15 is 0 Å². The van der Waals surface area contributed by atoms with Crippen molar-refractivity contribution in [2.24, 2.45) is 5.92 Å². The van der Waals surface area contributed by atoms with Gasteiger partial charge in [0, 0.05) is 12.6 Å². The average Bonchev–Trinajstić information content (AvgIpc) is 2.39. The van der Waals surface area contributed by atoms with Crippen LogP contribution in [-0.2, 0) is 0 Å². The van der Waals surface area contributed by atoms with E-state index in [2.05, 4.69) is 5.32 Å². The lowest BCUT2D eigenvalue weighted by atomic mass is 9.93. The van der Waals surface area contributed by atoms with Crippen LogP contribution in [0.15, 0.2) is 0 Å². The third kappa shape index (κ3) is 4.76. The lowest BCUT2D eigenvalue weighted by molar-refractivity contribution is -0.225. The zero-order valence-corrected chi connectivity index (χ0v) is 12.3. The highest BCUT2D eigenvalue weighted by molar-refractivity contribution is 5.85. The summed E-state index contributed by atoms with van der Waals surface area (Å²) in [7, 11) is 0. The quantitative estimate of drug-likeness (QED) is 0.838. The Bertz CT molecular complexity index is 285. The molecule has 2 saturated heterocycles. The van der Waals surface area contributed by atoms with Gasteiger partial charge in [0.1, 0.15) is 0 Å². The van der Waals surface area contributed by atoms with Gasteiger partial charge in [0.05, 0.1) is 0 Å². The summed E-state index contributed by atoms with van der Waals surface area (Å²) in [4.78, 5) is 1.86. The second-order valence-corrected chi connectivity index (χ2v) is 5.76. The van der Waals surface area contributed by atoms with E-state index in [4.69, 9.17) is 0 Å². The first kappa shape index (κ1) is 18.0. The molecule has 0 saturated carbocycles. The van der Waals surface area contributed by atoms with Crippen LogP contribution in [0.2, 0.25) is 0 Å². The Morgan fingerprint density at radius 2 is 1.95 bits per heavy atom. The topological polar surface area (TPSA) is 35.5 Å². The van der Waals surface area contributed by atoms with E-state index in [1.807, 2.05) is 4.90 Å². The number of halogens is 4. The van der Waals surface area contributed by atoms with E-state index < -0.39 is 18.3 Å². The van der Waals surface area contributed by atoms with Crippen LogP contribution in [0.1, 0.15) is 32.1 Å². The van der Waals surface area contributed by atoms with Crippen molar-refractivity contribution in [3.63, 3.8) is 0 Å². The first-order valence-electron chi connectivity index (χ1n) is 7.18. The highest BCUT2D eigenvalue weighted by atomic mass is 35.5. The van der Waals surface area contributed by atoms with Crippen LogP contribution < -0.4 is 5.32 Å². The van der Waals surface area contributed by atoms with Gasteiger partial charge >= 0.3 is 6.18 Å². The predicted molar refractivity (Wildman–Crippen MR) is 74.1 cm³/mol. The summed E-state index contributed by atoms with van der Waals surface area (Å²) in [6.45, 7) is 3.23. The van der Waals surface area contributed by atoms with Crippen LogP contribution in [0.5, 0.6) is 0 Å². The van der Waals surface area contributed by atoms with Crippen LogP contribution in [0.4, 0.5) is 13.2 Å². The van der Waals surface area contributed by atoms with E-state index in [1.54, 1.807) is 0 Å². The predicted octanol–water partition coefficient (Wildman–Crippen LogP) is 2.19. The fraction of sp³-hybridized carbons (Fsp3) is 1.00. The van der Waals surface area contributed by atoms with E-state index in [0.717, 1.165) is 38.8 Å². The Hall–Kier alpha value is -0.0400. The Balaban J connectivity index is 0.00000200. The van der Waals surface area contributed by atoms with Crippen LogP contribution in [0.3, 0.4) is 0 Å². The summed E-state index contributed by atoms with van der Waals surface area (Å²) >= 11 is 0. The highest BCUT2D eigenvalue weighted by Gasteiger charge is 2.46. The lowest BCUT2D eigenvalue weighted by Gasteiger charge is -2.41. The van der Waals surface area contributed by atoms with Crippen molar-refractivity contribution >= 4 is 12.4 Å². The zero-order valence-electron chi connectivity index (χ0n) is 11.5. The first-order valence-corrected chi connectivity index (χ1v) is 7.18. The summed E-state index contributed by atoms with van der Waals surface area (Å²) in [5.41, 5.74) is 0. The maximum Gasteiger partial charge on any atom is 0.415 e. The molecule has 120 valence electrons. The van der Waals surface area contributed by atoms with Gasteiger partial charge in [-0.1, -0.05) is 6.42 Å². The minimum absolute atomic E-state index is 0. The number of piperidine rings is 2. The number of nitrogens with one attached hydrogen (secondary N) is 1. The molecule has 0 aliphatic carbocycles. The van der Waals surface area contributed by atoms with Gasteiger partial charge in [-0.25, -0.2) is 0 Å². The van der Waals surface area contributed by atoms with Gasteiger partial charge in [-0.2, -0.15) is 13.2 Å². The van der Waals surface area contributed by atoms with E-state index in [1.165, 1.54) is 0 Å². The molecule has 0 spiro atoms. The number of likely N-dealkylation sites (tertiary alicyclic amines) is 1. The van der Waals surface area contributed by atoms with Crippen LogP contribution in [-0.4, -0.2) is 54.5 Å². The second-order valence-electron chi connectivity index (χ2n) is 5.76. The first-order chi connectivity index (χ1) is 8.98. The van der Waals surface area contributed by atoms with Crippen molar-refractivity contribution in [1.29, 1.82) is 0 Å². The van der Waals surface area contributed by atoms with Gasteiger partial charge in [0.15, 0.2) is 6.10 Å². The largest absolute Gasteiger partial charge is 0.415 e. The molecule has 3 nitrogen and oxygen atoms in total. The van der Waals surface area contributed by atoms with Gasteiger partial charge in [0.25, 0.3) is 0 Å². The molecule has 0 aromatic rings. The molecule has 0 bridgehead atoms. The molecule has 0 aromatic heterocycles. The maximum atomic E-state index is 12.7. The minimum atomic E-state index is -4.51. The molecule has 20 heavy (non-hydrogen) atoms. The summed E-state index contributed by atoms with van der Waals surface area (Å²) < 4.78 is 38.1. The summed E-state index contributed by atoms with van der Waals surface area (Å²) in [5, 5.41) is 12.8. The number of aliphatic hydroxyl groups is 1. The standard InChI is InChI=1S/C13H23F3N2O.ClH/c14-13(15,16)12(19)11-5-1-2-7-18(11)9-10-4-3-6-17-8-10;/h10-12,17,19H,1-9H2;1H. The number of alkyl halides is 3. The van der Waals surface area contributed by atoms with Gasteiger partial charge in [-0.05, 0) is 51.2 Å². The third-order valence-electron chi connectivity index (χ3n) is 4.26. The van der Waals surface area contributed by atoms with Gasteiger partial charge in [-0.15, -0.1) is 12.4 Å². The molecule has 2 rings (SSSR count). The van der Waals surface area contributed by atoms with Gasteiger partial charge in [0.2, 0.25) is 0 Å². The normalized spacial score (nSPS) is 30.6. The molecule has 3 atom stereocenters. The molecule has 0 aromatic carbocycles. The van der Waals surface area contributed by atoms with Crippen LogP contribution in [0.25, 0.3) is 0 Å². The number of hydrogen-bond donors (Lipinski definition) is 2. The molecular weight excluding hydrogens is 293 g/mol. The van der Waals surface area contributed by atoms with E-state index in [-0.39, 0.29) is 12.4 Å². The summed E-state index contributed by atoms with van der Waals surface area (Å²) in [6.07, 6.45) is -2.41. The van der Waals surface area contributed by atoms with Crippen molar-refractivity contribution in [2.75, 3.05) is 26.2 Å². The van der Waals surface area contributed by atoms with E-state index in [0.29, 0.717) is 25.4 Å². The van der Waals surface area contributed by atoms with Crippen molar-refractivity contribution in [1.82, 2.24) is 10.2 Å². The van der Waals surface area contributed by atoms with Crippen molar-refractivity contribution < 1.29 is 18.3 Å². The SMILES string of the molecule is Cl.OC(C1CCCCN1CC1CCCNC1)C(F)(F)F. The molecular formula is C13H24ClF3N2O. The monoisotopic (exact) mass is 316 g/mol. The molecule has 3 unspecified atom stereocenters. The lowest BCUT2D eigenvalue weighted by Crippen LogP contribution is -2.54.